The quantitative estimate of drug-likeness (QED) is 0.765. The molecular weight excluding hydrogens is 258 g/mol. The predicted molar refractivity (Wildman–Crippen MR) is 74.0 cm³/mol. The summed E-state index contributed by atoms with van der Waals surface area (Å²) in [5.41, 5.74) is 2.35. The fraction of sp³-hybridized carbons (Fsp3) is 0.143. The summed E-state index contributed by atoms with van der Waals surface area (Å²) in [7, 11) is 3.51. The summed E-state index contributed by atoms with van der Waals surface area (Å²) < 4.78 is 7.27. The Hall–Kier alpha value is -2.76. The van der Waals surface area contributed by atoms with Gasteiger partial charge < -0.3 is 14.4 Å². The molecule has 0 atom stereocenters. The van der Waals surface area contributed by atoms with Crippen molar-refractivity contribution in [3.8, 4) is 17.0 Å². The molecule has 0 unspecified atom stereocenters. The van der Waals surface area contributed by atoms with Crippen LogP contribution in [0.1, 0.15) is 10.4 Å². The minimum atomic E-state index is -1.01. The van der Waals surface area contributed by atoms with E-state index in [0.717, 1.165) is 22.2 Å². The normalized spacial score (nSPS) is 10.9. The number of aryl methyl sites for hydroxylation is 1. The van der Waals surface area contributed by atoms with Crippen LogP contribution in [0.3, 0.4) is 0 Å². The van der Waals surface area contributed by atoms with E-state index in [1.54, 1.807) is 7.11 Å². The molecule has 2 heterocycles. The van der Waals surface area contributed by atoms with Crippen LogP contribution >= 0.6 is 0 Å². The van der Waals surface area contributed by atoms with Crippen LogP contribution in [0.2, 0.25) is 0 Å². The highest BCUT2D eigenvalue weighted by molar-refractivity contribution is 6.03. The number of benzene rings is 1. The number of hydrogen-bond donors (Lipinski definition) is 2. The maximum atomic E-state index is 11.2. The molecule has 0 saturated carbocycles. The third-order valence-electron chi connectivity index (χ3n) is 3.32. The molecule has 0 aliphatic heterocycles. The van der Waals surface area contributed by atoms with E-state index in [1.165, 1.54) is 6.20 Å². The van der Waals surface area contributed by atoms with Crippen LogP contribution < -0.4 is 4.74 Å². The molecule has 3 aromatic rings. The van der Waals surface area contributed by atoms with E-state index >= 15 is 0 Å². The Balaban J connectivity index is 2.33. The van der Waals surface area contributed by atoms with Crippen molar-refractivity contribution in [2.75, 3.05) is 7.11 Å². The molecule has 2 aromatic heterocycles. The fourth-order valence-corrected chi connectivity index (χ4v) is 2.45. The van der Waals surface area contributed by atoms with Crippen molar-refractivity contribution in [2.45, 2.75) is 0 Å². The van der Waals surface area contributed by atoms with Crippen molar-refractivity contribution >= 4 is 16.9 Å². The molecule has 0 spiro atoms. The van der Waals surface area contributed by atoms with Crippen LogP contribution in [0.15, 0.2) is 30.6 Å². The van der Waals surface area contributed by atoms with Crippen molar-refractivity contribution in [1.29, 1.82) is 0 Å². The second kappa shape index (κ2) is 4.41. The Morgan fingerprint density at radius 2 is 2.25 bits per heavy atom. The Kier molecular flexibility index (Phi) is 2.71. The van der Waals surface area contributed by atoms with Gasteiger partial charge in [-0.05, 0) is 6.07 Å². The SMILES string of the molecule is COc1cccc2c(-c3[nH]ncc3C(=O)O)cn(C)c12. The minimum Gasteiger partial charge on any atom is -0.495 e. The van der Waals surface area contributed by atoms with E-state index in [0.29, 0.717) is 5.69 Å². The number of H-pyrrole nitrogens is 1. The van der Waals surface area contributed by atoms with Gasteiger partial charge in [-0.15, -0.1) is 0 Å². The van der Waals surface area contributed by atoms with Gasteiger partial charge in [0, 0.05) is 24.2 Å². The minimum absolute atomic E-state index is 0.153. The Morgan fingerprint density at radius 3 is 2.95 bits per heavy atom. The molecule has 0 amide bonds. The van der Waals surface area contributed by atoms with E-state index in [9.17, 15) is 9.90 Å². The lowest BCUT2D eigenvalue weighted by molar-refractivity contribution is 0.0698. The summed E-state index contributed by atoms with van der Waals surface area (Å²) in [5, 5.41) is 16.7. The molecule has 6 nitrogen and oxygen atoms in total. The monoisotopic (exact) mass is 271 g/mol. The zero-order valence-electron chi connectivity index (χ0n) is 11.0. The summed E-state index contributed by atoms with van der Waals surface area (Å²) in [4.78, 5) is 11.2. The molecule has 0 bridgehead atoms. The third-order valence-corrected chi connectivity index (χ3v) is 3.32. The Morgan fingerprint density at radius 1 is 1.45 bits per heavy atom. The van der Waals surface area contributed by atoms with Crippen molar-refractivity contribution in [2.24, 2.45) is 7.05 Å². The van der Waals surface area contributed by atoms with Gasteiger partial charge in [0.15, 0.2) is 0 Å². The van der Waals surface area contributed by atoms with Crippen LogP contribution in [0, 0.1) is 0 Å². The molecule has 20 heavy (non-hydrogen) atoms. The third kappa shape index (κ3) is 1.65. The molecule has 0 aliphatic carbocycles. The number of hydrogen-bond acceptors (Lipinski definition) is 3. The van der Waals surface area contributed by atoms with Crippen molar-refractivity contribution in [1.82, 2.24) is 14.8 Å². The summed E-state index contributed by atoms with van der Waals surface area (Å²) in [6.07, 6.45) is 3.18. The molecule has 3 rings (SSSR count). The number of carbonyl (C=O) groups is 1. The summed E-state index contributed by atoms with van der Waals surface area (Å²) in [6, 6.07) is 5.68. The van der Waals surface area contributed by atoms with Gasteiger partial charge in [-0.25, -0.2) is 4.79 Å². The number of nitrogens with one attached hydrogen (secondary N) is 1. The van der Waals surface area contributed by atoms with E-state index < -0.39 is 5.97 Å². The zero-order chi connectivity index (χ0) is 14.3. The fourth-order valence-electron chi connectivity index (χ4n) is 2.45. The predicted octanol–water partition coefficient (Wildman–Crippen LogP) is 2.28. The second-order valence-electron chi connectivity index (χ2n) is 4.47. The Bertz CT molecular complexity index is 801. The van der Waals surface area contributed by atoms with Gasteiger partial charge in [0.25, 0.3) is 0 Å². The maximum Gasteiger partial charge on any atom is 0.339 e. The molecule has 102 valence electrons. The van der Waals surface area contributed by atoms with E-state index in [-0.39, 0.29) is 5.56 Å². The lowest BCUT2D eigenvalue weighted by Crippen LogP contribution is -1.96. The average Bonchev–Trinajstić information content (AvgIpc) is 3.03. The molecule has 0 aliphatic rings. The molecule has 2 N–H and O–H groups in total. The molecule has 6 heteroatoms. The molecule has 1 aromatic carbocycles. The average molecular weight is 271 g/mol. The van der Waals surface area contributed by atoms with Crippen molar-refractivity contribution in [3.05, 3.63) is 36.2 Å². The van der Waals surface area contributed by atoms with Crippen molar-refractivity contribution in [3.63, 3.8) is 0 Å². The zero-order valence-corrected chi connectivity index (χ0v) is 11.0. The highest BCUT2D eigenvalue weighted by Gasteiger charge is 2.19. The number of aromatic nitrogens is 3. The number of rotatable bonds is 3. The van der Waals surface area contributed by atoms with Crippen molar-refractivity contribution < 1.29 is 14.6 Å². The first-order valence-electron chi connectivity index (χ1n) is 6.02. The van der Waals surface area contributed by atoms with Gasteiger partial charge in [0.1, 0.15) is 11.3 Å². The van der Waals surface area contributed by atoms with E-state index in [2.05, 4.69) is 10.2 Å². The number of fused-ring (bicyclic) bond motifs is 1. The molecular formula is C14H13N3O3. The maximum absolute atomic E-state index is 11.2. The van der Waals surface area contributed by atoms with Crippen LogP contribution in [-0.2, 0) is 7.05 Å². The molecule has 0 fully saturated rings. The standard InChI is InChI=1S/C14H13N3O3/c1-17-7-10(12-9(14(18)19)6-15-16-12)8-4-3-5-11(20-2)13(8)17/h3-7H,1-2H3,(H,15,16)(H,18,19). The largest absolute Gasteiger partial charge is 0.495 e. The van der Waals surface area contributed by atoms with Gasteiger partial charge in [0.05, 0.1) is 24.5 Å². The number of methoxy groups -OCH3 is 1. The number of aromatic carboxylic acids is 1. The summed E-state index contributed by atoms with van der Waals surface area (Å²) in [6.45, 7) is 0. The van der Waals surface area contributed by atoms with Crippen LogP contribution in [0.5, 0.6) is 5.75 Å². The Labute approximate surface area is 114 Å². The number of nitrogens with zero attached hydrogens (tertiary/aromatic N) is 2. The number of para-hydroxylation sites is 1. The first-order valence-corrected chi connectivity index (χ1v) is 6.02. The number of carboxylic acids is 1. The summed E-state index contributed by atoms with van der Waals surface area (Å²) in [5.74, 6) is -0.263. The highest BCUT2D eigenvalue weighted by Crippen LogP contribution is 2.35. The van der Waals surface area contributed by atoms with Gasteiger partial charge in [0.2, 0.25) is 0 Å². The van der Waals surface area contributed by atoms with Gasteiger partial charge in [-0.2, -0.15) is 5.10 Å². The van der Waals surface area contributed by atoms with Crippen LogP contribution in [0.25, 0.3) is 22.2 Å². The number of aromatic amines is 1. The highest BCUT2D eigenvalue weighted by atomic mass is 16.5. The first-order chi connectivity index (χ1) is 9.63. The smallest absolute Gasteiger partial charge is 0.339 e. The second-order valence-corrected chi connectivity index (χ2v) is 4.47. The number of carboxylic acid groups (broad SMARTS) is 1. The lowest BCUT2D eigenvalue weighted by Gasteiger charge is -2.04. The molecule has 0 radical (unpaired) electrons. The number of ether oxygens (including phenoxy) is 1. The van der Waals surface area contributed by atoms with Crippen LogP contribution in [-0.4, -0.2) is 33.0 Å². The lowest BCUT2D eigenvalue weighted by atomic mass is 10.1. The van der Waals surface area contributed by atoms with Crippen LogP contribution in [0.4, 0.5) is 0 Å². The first kappa shape index (κ1) is 12.3. The van der Waals surface area contributed by atoms with Gasteiger partial charge >= 0.3 is 5.97 Å². The molecule has 0 saturated heterocycles. The van der Waals surface area contributed by atoms with E-state index in [1.807, 2.05) is 36.0 Å². The van der Waals surface area contributed by atoms with Gasteiger partial charge in [-0.3, -0.25) is 5.10 Å². The van der Waals surface area contributed by atoms with E-state index in [4.69, 9.17) is 4.74 Å². The summed E-state index contributed by atoms with van der Waals surface area (Å²) >= 11 is 0. The topological polar surface area (TPSA) is 80.1 Å². The van der Waals surface area contributed by atoms with Gasteiger partial charge in [-0.1, -0.05) is 12.1 Å².